The van der Waals surface area contributed by atoms with E-state index in [1.165, 1.54) is 12.1 Å². The van der Waals surface area contributed by atoms with Crippen LogP contribution in [-0.2, 0) is 0 Å². The highest BCUT2D eigenvalue weighted by molar-refractivity contribution is 7.17. The quantitative estimate of drug-likeness (QED) is 0.905. The van der Waals surface area contributed by atoms with E-state index in [1.54, 1.807) is 0 Å². The summed E-state index contributed by atoms with van der Waals surface area (Å²) in [6, 6.07) is 3.03. The molecule has 0 saturated carbocycles. The molecule has 0 spiro atoms. The zero-order valence-electron chi connectivity index (χ0n) is 7.52. The molecular weight excluding hydrogens is 273 g/mol. The number of anilines is 1. The first-order valence-corrected chi connectivity index (χ1v) is 5.52. The maximum Gasteiger partial charge on any atom is 0.287 e. The molecule has 16 heavy (non-hydrogen) atoms. The molecule has 0 aromatic carbocycles. The van der Waals surface area contributed by atoms with E-state index >= 15 is 0 Å². The van der Waals surface area contributed by atoms with Gasteiger partial charge in [-0.1, -0.05) is 22.9 Å². The molecule has 2 rings (SSSR count). The second-order valence-electron chi connectivity index (χ2n) is 2.56. The first-order valence-electron chi connectivity index (χ1n) is 3.95. The molecule has 1 amide bonds. The van der Waals surface area contributed by atoms with Crippen molar-refractivity contribution in [1.82, 2.24) is 20.4 Å². The number of halogens is 2. The number of aromatic nitrogens is 4. The molecule has 0 unspecified atom stereocenters. The van der Waals surface area contributed by atoms with E-state index in [2.05, 4.69) is 25.7 Å². The van der Waals surface area contributed by atoms with E-state index in [1.807, 2.05) is 0 Å². The van der Waals surface area contributed by atoms with Crippen LogP contribution in [0.25, 0.3) is 0 Å². The minimum atomic E-state index is -0.443. The Morgan fingerprint density at radius 2 is 2.00 bits per heavy atom. The Morgan fingerprint density at radius 1 is 1.19 bits per heavy atom. The molecule has 9 heteroatoms. The van der Waals surface area contributed by atoms with E-state index < -0.39 is 5.91 Å². The highest BCUT2D eigenvalue weighted by Gasteiger charge is 2.12. The Balaban J connectivity index is 2.10. The highest BCUT2D eigenvalue weighted by Crippen LogP contribution is 2.16. The molecule has 0 aliphatic heterocycles. The molecule has 0 aliphatic carbocycles. The van der Waals surface area contributed by atoms with Crippen molar-refractivity contribution in [3.63, 3.8) is 0 Å². The van der Waals surface area contributed by atoms with Gasteiger partial charge in [0.05, 0.1) is 0 Å². The molecule has 0 saturated heterocycles. The van der Waals surface area contributed by atoms with Crippen LogP contribution >= 0.6 is 34.5 Å². The van der Waals surface area contributed by atoms with Crippen molar-refractivity contribution >= 4 is 46.3 Å². The monoisotopic (exact) mass is 275 g/mol. The summed E-state index contributed by atoms with van der Waals surface area (Å²) in [6.07, 6.45) is 0. The lowest BCUT2D eigenvalue weighted by molar-refractivity contribution is 0.102. The van der Waals surface area contributed by atoms with Gasteiger partial charge in [-0.05, 0) is 23.7 Å². The van der Waals surface area contributed by atoms with Crippen LogP contribution in [0.15, 0.2) is 12.1 Å². The van der Waals surface area contributed by atoms with E-state index in [0.717, 1.165) is 11.3 Å². The lowest BCUT2D eigenvalue weighted by Crippen LogP contribution is -2.13. The number of nitrogens with one attached hydrogen (secondary N) is 1. The van der Waals surface area contributed by atoms with E-state index in [0.29, 0.717) is 0 Å². The molecule has 0 radical (unpaired) electrons. The molecule has 2 heterocycles. The summed E-state index contributed by atoms with van der Waals surface area (Å²) in [4.78, 5) is 11.5. The topological polar surface area (TPSA) is 80.7 Å². The Labute approximate surface area is 104 Å². The summed E-state index contributed by atoms with van der Waals surface area (Å²) in [6.45, 7) is 0. The van der Waals surface area contributed by atoms with Crippen LogP contribution in [0.4, 0.5) is 5.82 Å². The molecule has 0 fully saturated rings. The maximum atomic E-state index is 11.5. The SMILES string of the molecule is O=C(Nc1ccc(Cl)nn1)c1nnc(Cl)s1. The third kappa shape index (κ3) is 2.63. The summed E-state index contributed by atoms with van der Waals surface area (Å²) in [7, 11) is 0. The predicted molar refractivity (Wildman–Crippen MR) is 59.9 cm³/mol. The average Bonchev–Trinajstić information content (AvgIpc) is 2.68. The second kappa shape index (κ2) is 4.69. The number of hydrogen-bond acceptors (Lipinski definition) is 6. The van der Waals surface area contributed by atoms with Crippen LogP contribution in [-0.4, -0.2) is 26.3 Å². The van der Waals surface area contributed by atoms with E-state index in [9.17, 15) is 4.79 Å². The number of nitrogens with zero attached hydrogens (tertiary/aromatic N) is 4. The summed E-state index contributed by atoms with van der Waals surface area (Å²) in [5.41, 5.74) is 0. The van der Waals surface area contributed by atoms with Crippen LogP contribution < -0.4 is 5.32 Å². The third-order valence-corrected chi connectivity index (χ3v) is 2.69. The predicted octanol–water partition coefficient (Wildman–Crippen LogP) is 1.89. The van der Waals surface area contributed by atoms with Crippen molar-refractivity contribution < 1.29 is 4.79 Å². The maximum absolute atomic E-state index is 11.5. The van der Waals surface area contributed by atoms with E-state index in [4.69, 9.17) is 23.2 Å². The van der Waals surface area contributed by atoms with Gasteiger partial charge in [0, 0.05) is 0 Å². The minimum Gasteiger partial charge on any atom is -0.303 e. The Bertz CT molecular complexity index is 514. The number of rotatable bonds is 2. The van der Waals surface area contributed by atoms with E-state index in [-0.39, 0.29) is 20.4 Å². The first kappa shape index (κ1) is 11.2. The zero-order chi connectivity index (χ0) is 11.5. The molecule has 82 valence electrons. The highest BCUT2D eigenvalue weighted by atomic mass is 35.5. The fourth-order valence-corrected chi connectivity index (χ4v) is 1.67. The molecule has 2 aromatic rings. The summed E-state index contributed by atoms with van der Waals surface area (Å²) in [5, 5.41) is 17.2. The van der Waals surface area contributed by atoms with Gasteiger partial charge in [-0.15, -0.1) is 20.4 Å². The fraction of sp³-hybridized carbons (Fsp3) is 0. The van der Waals surface area contributed by atoms with Crippen molar-refractivity contribution in [2.45, 2.75) is 0 Å². The van der Waals surface area contributed by atoms with Crippen LogP contribution in [0.2, 0.25) is 9.62 Å². The van der Waals surface area contributed by atoms with Gasteiger partial charge in [-0.3, -0.25) is 4.79 Å². The van der Waals surface area contributed by atoms with Crippen molar-refractivity contribution in [2.24, 2.45) is 0 Å². The third-order valence-electron chi connectivity index (χ3n) is 1.47. The minimum absolute atomic E-state index is 0.154. The molecule has 6 nitrogen and oxygen atoms in total. The fourth-order valence-electron chi connectivity index (χ4n) is 0.850. The van der Waals surface area contributed by atoms with Crippen molar-refractivity contribution in [2.75, 3.05) is 5.32 Å². The van der Waals surface area contributed by atoms with Gasteiger partial charge < -0.3 is 5.32 Å². The number of carbonyl (C=O) groups excluding carboxylic acids is 1. The zero-order valence-corrected chi connectivity index (χ0v) is 9.84. The lowest BCUT2D eigenvalue weighted by Gasteiger charge is -1.99. The smallest absolute Gasteiger partial charge is 0.287 e. The van der Waals surface area contributed by atoms with Gasteiger partial charge >= 0.3 is 0 Å². The molecule has 0 aliphatic rings. The Kier molecular flexibility index (Phi) is 3.28. The first-order chi connectivity index (χ1) is 7.65. The molecular formula is C7H3Cl2N5OS. The largest absolute Gasteiger partial charge is 0.303 e. The number of carbonyl (C=O) groups is 1. The van der Waals surface area contributed by atoms with Gasteiger partial charge in [0.15, 0.2) is 11.0 Å². The van der Waals surface area contributed by atoms with Crippen molar-refractivity contribution in [1.29, 1.82) is 0 Å². The number of hydrogen-bond donors (Lipinski definition) is 1. The van der Waals surface area contributed by atoms with Crippen molar-refractivity contribution in [3.05, 3.63) is 26.8 Å². The van der Waals surface area contributed by atoms with Gasteiger partial charge in [-0.25, -0.2) is 0 Å². The Morgan fingerprint density at radius 3 is 2.56 bits per heavy atom. The van der Waals surface area contributed by atoms with Gasteiger partial charge in [-0.2, -0.15) is 0 Å². The Hall–Kier alpha value is -1.31. The summed E-state index contributed by atoms with van der Waals surface area (Å²) >= 11 is 12.1. The molecule has 0 atom stereocenters. The van der Waals surface area contributed by atoms with Crippen LogP contribution in [0, 0.1) is 0 Å². The van der Waals surface area contributed by atoms with Crippen LogP contribution in [0.1, 0.15) is 9.80 Å². The molecule has 0 bridgehead atoms. The number of amides is 1. The van der Waals surface area contributed by atoms with Crippen LogP contribution in [0.3, 0.4) is 0 Å². The van der Waals surface area contributed by atoms with Gasteiger partial charge in [0.2, 0.25) is 9.47 Å². The lowest BCUT2D eigenvalue weighted by atomic mass is 10.5. The molecule has 2 aromatic heterocycles. The van der Waals surface area contributed by atoms with Gasteiger partial charge in [0.25, 0.3) is 5.91 Å². The van der Waals surface area contributed by atoms with Gasteiger partial charge in [0.1, 0.15) is 0 Å². The molecule has 1 N–H and O–H groups in total. The van der Waals surface area contributed by atoms with Crippen LogP contribution in [0.5, 0.6) is 0 Å². The normalized spacial score (nSPS) is 10.1. The second-order valence-corrected chi connectivity index (χ2v) is 4.50. The summed E-state index contributed by atoms with van der Waals surface area (Å²) in [5.74, 6) is -0.165. The summed E-state index contributed by atoms with van der Waals surface area (Å²) < 4.78 is 0.201. The van der Waals surface area contributed by atoms with Crippen molar-refractivity contribution in [3.8, 4) is 0 Å². The standard InChI is InChI=1S/C7H3Cl2N5OS/c8-3-1-2-4(12-11-3)10-5(15)6-13-14-7(9)16-6/h1-2H,(H,10,12,15). The average molecular weight is 276 g/mol.